The molecule has 0 fully saturated rings. The smallest absolute Gasteiger partial charge is 0.264 e. The maximum atomic E-state index is 13.3. The van der Waals surface area contributed by atoms with Gasteiger partial charge in [0.2, 0.25) is 0 Å². The van der Waals surface area contributed by atoms with Crippen LogP contribution in [-0.2, 0) is 16.6 Å². The Morgan fingerprint density at radius 2 is 1.48 bits per heavy atom. The van der Waals surface area contributed by atoms with Crippen LogP contribution >= 0.6 is 0 Å². The first-order chi connectivity index (χ1) is 14.7. The minimum atomic E-state index is -3.77. The van der Waals surface area contributed by atoms with E-state index >= 15 is 0 Å². The molecule has 3 aromatic rings. The molecule has 0 radical (unpaired) electrons. The molecule has 31 heavy (non-hydrogen) atoms. The summed E-state index contributed by atoms with van der Waals surface area (Å²) in [6.07, 6.45) is 5.43. The van der Waals surface area contributed by atoms with Gasteiger partial charge in [0.05, 0.1) is 22.7 Å². The highest BCUT2D eigenvalue weighted by atomic mass is 32.2. The van der Waals surface area contributed by atoms with Gasteiger partial charge in [-0.2, -0.15) is 0 Å². The van der Waals surface area contributed by atoms with Gasteiger partial charge in [-0.25, -0.2) is 8.42 Å². The van der Waals surface area contributed by atoms with E-state index in [4.69, 9.17) is 6.42 Å². The highest BCUT2D eigenvalue weighted by Crippen LogP contribution is 2.25. The molecule has 1 N–H and O–H groups in total. The van der Waals surface area contributed by atoms with Crippen molar-refractivity contribution < 1.29 is 13.2 Å². The fraction of sp³-hybridized carbons (Fsp3) is 0.160. The first kappa shape index (κ1) is 22.1. The lowest BCUT2D eigenvalue weighted by atomic mass is 10.1. The average molecular weight is 433 g/mol. The highest BCUT2D eigenvalue weighted by Gasteiger charge is 2.25. The van der Waals surface area contributed by atoms with Gasteiger partial charge in [-0.15, -0.1) is 6.42 Å². The van der Waals surface area contributed by atoms with Crippen LogP contribution in [-0.4, -0.2) is 19.9 Å². The third-order valence-electron chi connectivity index (χ3n) is 4.70. The van der Waals surface area contributed by atoms with E-state index < -0.39 is 15.6 Å². The molecule has 0 saturated carbocycles. The Kier molecular flexibility index (Phi) is 6.47. The zero-order valence-corrected chi connectivity index (χ0v) is 18.3. The van der Waals surface area contributed by atoms with Crippen LogP contribution in [0.4, 0.5) is 5.69 Å². The second-order valence-corrected chi connectivity index (χ2v) is 9.44. The molecule has 6 heteroatoms. The molecular formula is C25H24N2O3S. The fourth-order valence-electron chi connectivity index (χ4n) is 2.95. The third kappa shape index (κ3) is 5.33. The van der Waals surface area contributed by atoms with E-state index in [1.54, 1.807) is 92.7 Å². The molecule has 3 rings (SSSR count). The number of para-hydroxylation sites is 1. The van der Waals surface area contributed by atoms with E-state index in [-0.39, 0.29) is 17.3 Å². The maximum absolute atomic E-state index is 13.3. The number of benzene rings is 3. The van der Waals surface area contributed by atoms with Crippen molar-refractivity contribution in [3.05, 3.63) is 96.1 Å². The van der Waals surface area contributed by atoms with E-state index in [1.165, 1.54) is 4.31 Å². The molecule has 0 aliphatic rings. The topological polar surface area (TPSA) is 66.5 Å². The number of nitrogens with one attached hydrogen (secondary N) is 1. The number of terminal acetylenes is 1. The number of rotatable bonds is 7. The lowest BCUT2D eigenvalue weighted by Gasteiger charge is -2.25. The molecule has 0 aromatic heterocycles. The van der Waals surface area contributed by atoms with Crippen LogP contribution in [0.25, 0.3) is 0 Å². The van der Waals surface area contributed by atoms with Gasteiger partial charge in [0, 0.05) is 5.56 Å². The summed E-state index contributed by atoms with van der Waals surface area (Å²) in [6, 6.07) is 24.1. The van der Waals surface area contributed by atoms with Gasteiger partial charge in [-0.3, -0.25) is 9.10 Å². The Hall–Kier alpha value is -3.56. The molecule has 0 heterocycles. The van der Waals surface area contributed by atoms with Crippen molar-refractivity contribution in [3.8, 4) is 12.3 Å². The summed E-state index contributed by atoms with van der Waals surface area (Å²) in [7, 11) is -3.77. The van der Waals surface area contributed by atoms with E-state index in [9.17, 15) is 13.2 Å². The van der Waals surface area contributed by atoms with Crippen LogP contribution in [0, 0.1) is 12.3 Å². The van der Waals surface area contributed by atoms with Crippen LogP contribution in [0.3, 0.4) is 0 Å². The summed E-state index contributed by atoms with van der Waals surface area (Å²) in [5.41, 5.74) is 0.994. The van der Waals surface area contributed by atoms with Gasteiger partial charge in [0.1, 0.15) is 0 Å². The van der Waals surface area contributed by atoms with Gasteiger partial charge in [-0.05, 0) is 55.8 Å². The Labute approximate surface area is 183 Å². The maximum Gasteiger partial charge on any atom is 0.264 e. The van der Waals surface area contributed by atoms with E-state index in [2.05, 4.69) is 11.2 Å². The Balaban J connectivity index is 1.89. The molecule has 158 valence electrons. The predicted molar refractivity (Wildman–Crippen MR) is 123 cm³/mol. The molecule has 0 aliphatic carbocycles. The normalized spacial score (nSPS) is 11.4. The van der Waals surface area contributed by atoms with Gasteiger partial charge < -0.3 is 5.32 Å². The van der Waals surface area contributed by atoms with Crippen molar-refractivity contribution in [1.29, 1.82) is 0 Å². The number of hydrogen-bond acceptors (Lipinski definition) is 3. The first-order valence-corrected chi connectivity index (χ1v) is 11.2. The van der Waals surface area contributed by atoms with Gasteiger partial charge in [0.25, 0.3) is 15.9 Å². The molecule has 0 spiro atoms. The van der Waals surface area contributed by atoms with Crippen molar-refractivity contribution >= 4 is 21.6 Å². The molecule has 1 amide bonds. The predicted octanol–water partition coefficient (Wildman–Crippen LogP) is 4.22. The summed E-state index contributed by atoms with van der Waals surface area (Å²) in [5, 5.41) is 2.77. The number of hydrogen-bond donors (Lipinski definition) is 1. The SMILES string of the molecule is C#CC(C)(C)NC(=O)c1ccc(CN(c2ccccc2)S(=O)(=O)c2ccccc2)cc1. The number of amides is 1. The minimum absolute atomic E-state index is 0.124. The first-order valence-electron chi connectivity index (χ1n) is 9.75. The molecule has 5 nitrogen and oxygen atoms in total. The van der Waals surface area contributed by atoms with Gasteiger partial charge >= 0.3 is 0 Å². The summed E-state index contributed by atoms with van der Waals surface area (Å²) in [6.45, 7) is 3.61. The monoisotopic (exact) mass is 432 g/mol. The molecular weight excluding hydrogens is 408 g/mol. The molecule has 0 atom stereocenters. The summed E-state index contributed by atoms with van der Waals surface area (Å²) in [5.74, 6) is 2.24. The third-order valence-corrected chi connectivity index (χ3v) is 6.49. The second-order valence-electron chi connectivity index (χ2n) is 7.58. The van der Waals surface area contributed by atoms with Crippen LogP contribution < -0.4 is 9.62 Å². The molecule has 0 saturated heterocycles. The van der Waals surface area contributed by atoms with Crippen molar-refractivity contribution in [2.45, 2.75) is 30.8 Å². The van der Waals surface area contributed by atoms with E-state index in [0.29, 0.717) is 11.3 Å². The highest BCUT2D eigenvalue weighted by molar-refractivity contribution is 7.92. The van der Waals surface area contributed by atoms with Crippen LogP contribution in [0.5, 0.6) is 0 Å². The molecule has 0 aliphatic heterocycles. The van der Waals surface area contributed by atoms with Crippen molar-refractivity contribution in [1.82, 2.24) is 5.32 Å². The van der Waals surface area contributed by atoms with E-state index in [0.717, 1.165) is 5.56 Å². The molecule has 0 unspecified atom stereocenters. The average Bonchev–Trinajstić information content (AvgIpc) is 2.78. The summed E-state index contributed by atoms with van der Waals surface area (Å²) in [4.78, 5) is 12.6. The summed E-state index contributed by atoms with van der Waals surface area (Å²) >= 11 is 0. The zero-order chi connectivity index (χ0) is 22.5. The van der Waals surface area contributed by atoms with Crippen LogP contribution in [0.15, 0.2) is 89.8 Å². The number of carbonyl (C=O) groups excluding carboxylic acids is 1. The Morgan fingerprint density at radius 1 is 0.935 bits per heavy atom. The zero-order valence-electron chi connectivity index (χ0n) is 17.4. The van der Waals surface area contributed by atoms with Crippen molar-refractivity contribution in [2.24, 2.45) is 0 Å². The van der Waals surface area contributed by atoms with Gasteiger partial charge in [-0.1, -0.05) is 54.5 Å². The largest absolute Gasteiger partial charge is 0.336 e. The number of sulfonamides is 1. The number of nitrogens with zero attached hydrogens (tertiary/aromatic N) is 1. The molecule has 3 aromatic carbocycles. The van der Waals surface area contributed by atoms with Crippen molar-refractivity contribution in [2.75, 3.05) is 4.31 Å². The molecule has 0 bridgehead atoms. The number of carbonyl (C=O) groups is 1. The lowest BCUT2D eigenvalue weighted by molar-refractivity contribution is 0.0930. The van der Waals surface area contributed by atoms with Gasteiger partial charge in [0.15, 0.2) is 0 Å². The Bertz CT molecular complexity index is 1180. The standard InChI is InChI=1S/C25H24N2O3S/c1-4-25(2,3)26-24(28)21-17-15-20(16-18-21)19-27(22-11-7-5-8-12-22)31(29,30)23-13-9-6-10-14-23/h1,5-18H,19H2,2-3H3,(H,26,28). The van der Waals surface area contributed by atoms with Crippen LogP contribution in [0.2, 0.25) is 0 Å². The van der Waals surface area contributed by atoms with Crippen LogP contribution in [0.1, 0.15) is 29.8 Å². The quantitative estimate of drug-likeness (QED) is 0.569. The lowest BCUT2D eigenvalue weighted by Crippen LogP contribution is -2.42. The number of anilines is 1. The van der Waals surface area contributed by atoms with E-state index in [1.807, 2.05) is 6.07 Å². The fourth-order valence-corrected chi connectivity index (χ4v) is 4.42. The Morgan fingerprint density at radius 3 is 2.03 bits per heavy atom. The minimum Gasteiger partial charge on any atom is -0.336 e. The second kappa shape index (κ2) is 9.07. The summed E-state index contributed by atoms with van der Waals surface area (Å²) < 4.78 is 28.1. The van der Waals surface area contributed by atoms with Crippen molar-refractivity contribution in [3.63, 3.8) is 0 Å².